The highest BCUT2D eigenvalue weighted by molar-refractivity contribution is 7.92. The fraction of sp³-hybridized carbons (Fsp3) is 0.333. The Morgan fingerprint density at radius 2 is 1.50 bits per heavy atom. The van der Waals surface area contributed by atoms with Crippen LogP contribution < -0.4 is 0 Å². The zero-order valence-corrected chi connectivity index (χ0v) is 24.1. The van der Waals surface area contributed by atoms with Crippen molar-refractivity contribution in [2.75, 3.05) is 6.54 Å². The third-order valence-electron chi connectivity index (χ3n) is 8.74. The van der Waals surface area contributed by atoms with Crippen LogP contribution in [0.3, 0.4) is 0 Å². The molecule has 0 unspecified atom stereocenters. The number of benzene rings is 3. The summed E-state index contributed by atoms with van der Waals surface area (Å²) >= 11 is 0. The Morgan fingerprint density at radius 3 is 2.07 bits per heavy atom. The summed E-state index contributed by atoms with van der Waals surface area (Å²) in [6, 6.07) is 7.37. The summed E-state index contributed by atoms with van der Waals surface area (Å²) in [5.74, 6) is -3.64. The second kappa shape index (κ2) is 11.0. The first-order valence-electron chi connectivity index (χ1n) is 13.6. The number of fused-ring (bicyclic) bond motifs is 3. The molecule has 246 valence electrons. The number of carboxylic acid groups (broad SMARTS) is 2. The zero-order chi connectivity index (χ0) is 34.0. The second-order valence-electron chi connectivity index (χ2n) is 11.1. The van der Waals surface area contributed by atoms with Gasteiger partial charge in [0, 0.05) is 24.7 Å². The number of aromatic carboxylic acids is 2. The second-order valence-corrected chi connectivity index (χ2v) is 13.3. The first kappa shape index (κ1) is 33.3. The molecule has 1 aliphatic heterocycles. The van der Waals surface area contributed by atoms with E-state index < -0.39 is 62.0 Å². The number of sulfone groups is 1. The Balaban J connectivity index is 1.67. The predicted molar refractivity (Wildman–Crippen MR) is 144 cm³/mol. The van der Waals surface area contributed by atoms with Gasteiger partial charge in [-0.25, -0.2) is 26.8 Å². The highest BCUT2D eigenvalue weighted by atomic mass is 32.2. The SMILES string of the molecule is O=C(O)c1ccc(CN2CC[C@@]3(S(=O)(=O)c4ccc(F)cc4)c4ccc(C(F)(C(F)(F)F)C(F)(F)F)cc4CC[C@@H]23)c(C(=O)O)c1. The molecule has 0 aromatic heterocycles. The molecule has 0 radical (unpaired) electrons. The topological polar surface area (TPSA) is 112 Å². The molecule has 2 atom stereocenters. The summed E-state index contributed by atoms with van der Waals surface area (Å²) in [6.45, 7) is -0.264. The molecule has 16 heteroatoms. The molecule has 0 saturated carbocycles. The molecule has 1 heterocycles. The van der Waals surface area contributed by atoms with Crippen LogP contribution in [0, 0.1) is 5.82 Å². The van der Waals surface area contributed by atoms with E-state index in [-0.39, 0.29) is 71.1 Å². The smallest absolute Gasteiger partial charge is 0.435 e. The van der Waals surface area contributed by atoms with E-state index in [1.54, 1.807) is 4.90 Å². The van der Waals surface area contributed by atoms with Gasteiger partial charge in [0.05, 0.1) is 16.0 Å². The molecule has 46 heavy (non-hydrogen) atoms. The third-order valence-corrected chi connectivity index (χ3v) is 11.3. The number of carboxylic acids is 2. The number of hydrogen-bond acceptors (Lipinski definition) is 5. The van der Waals surface area contributed by atoms with Gasteiger partial charge in [0.2, 0.25) is 0 Å². The maximum absolute atomic E-state index is 15.0. The summed E-state index contributed by atoms with van der Waals surface area (Å²) in [4.78, 5) is 24.6. The maximum Gasteiger partial charge on any atom is 0.435 e. The quantitative estimate of drug-likeness (QED) is 0.220. The first-order chi connectivity index (χ1) is 21.3. The van der Waals surface area contributed by atoms with Gasteiger partial charge in [0.15, 0.2) is 9.84 Å². The molecule has 3 aromatic carbocycles. The average Bonchev–Trinajstić information content (AvgIpc) is 3.35. The van der Waals surface area contributed by atoms with Gasteiger partial charge >= 0.3 is 30.0 Å². The highest BCUT2D eigenvalue weighted by Crippen LogP contribution is 2.56. The van der Waals surface area contributed by atoms with Crippen LogP contribution in [0.25, 0.3) is 0 Å². The Kier molecular flexibility index (Phi) is 7.99. The van der Waals surface area contributed by atoms with E-state index in [1.165, 1.54) is 6.07 Å². The van der Waals surface area contributed by atoms with Crippen LogP contribution in [-0.4, -0.2) is 60.4 Å². The van der Waals surface area contributed by atoms with Crippen LogP contribution in [-0.2, 0) is 33.2 Å². The van der Waals surface area contributed by atoms with Gasteiger partial charge in [0.1, 0.15) is 10.6 Å². The van der Waals surface area contributed by atoms with Crippen LogP contribution in [0.4, 0.5) is 35.1 Å². The number of likely N-dealkylation sites (tertiary alicyclic amines) is 1. The first-order valence-corrected chi connectivity index (χ1v) is 15.0. The van der Waals surface area contributed by atoms with Crippen LogP contribution in [0.15, 0.2) is 65.6 Å². The van der Waals surface area contributed by atoms with Crippen molar-refractivity contribution >= 4 is 21.8 Å². The standard InChI is InChI=1S/C30H23F8NO6S/c31-20-5-7-21(8-6-20)46(44,45)27-11-12-39(15-18-2-1-17(25(40)41)14-22(18)26(42)43)24(27)10-3-16-13-19(4-9-23(16)27)28(32,29(33,34)35)30(36,37)38/h1-2,4-9,13-14,24H,3,10-12,15H2,(H,40,41)(H,42,43)/t24-,27-/m1/s1. The van der Waals surface area contributed by atoms with Gasteiger partial charge < -0.3 is 10.2 Å². The summed E-state index contributed by atoms with van der Waals surface area (Å²) in [7, 11) is -4.61. The molecule has 2 N–H and O–H groups in total. The van der Waals surface area contributed by atoms with Crippen LogP contribution in [0.1, 0.15) is 55.8 Å². The molecule has 3 aromatic rings. The van der Waals surface area contributed by atoms with Gasteiger partial charge in [-0.3, -0.25) is 4.90 Å². The van der Waals surface area contributed by atoms with Gasteiger partial charge in [-0.1, -0.05) is 24.3 Å². The van der Waals surface area contributed by atoms with Crippen molar-refractivity contribution in [3.05, 3.63) is 99.9 Å². The summed E-state index contributed by atoms with van der Waals surface area (Å²) < 4.78 is 137. The summed E-state index contributed by atoms with van der Waals surface area (Å²) in [6.07, 6.45) is -13.5. The zero-order valence-electron chi connectivity index (χ0n) is 23.3. The van der Waals surface area contributed by atoms with Crippen molar-refractivity contribution in [2.45, 2.75) is 59.5 Å². The van der Waals surface area contributed by atoms with E-state index >= 15 is 0 Å². The Hall–Kier alpha value is -4.05. The molecular weight excluding hydrogens is 654 g/mol. The van der Waals surface area contributed by atoms with Crippen molar-refractivity contribution in [1.82, 2.24) is 4.90 Å². The number of aryl methyl sites for hydroxylation is 1. The lowest BCUT2D eigenvalue weighted by molar-refractivity contribution is -0.348. The molecule has 1 saturated heterocycles. The van der Waals surface area contributed by atoms with Gasteiger partial charge in [0.25, 0.3) is 0 Å². The highest BCUT2D eigenvalue weighted by Gasteiger charge is 2.73. The molecule has 0 bridgehead atoms. The van der Waals surface area contributed by atoms with E-state index in [0.29, 0.717) is 6.07 Å². The lowest BCUT2D eigenvalue weighted by atomic mass is 9.76. The molecule has 0 spiro atoms. The van der Waals surface area contributed by atoms with Crippen LogP contribution in [0.5, 0.6) is 0 Å². The fourth-order valence-electron chi connectivity index (χ4n) is 6.60. The lowest BCUT2D eigenvalue weighted by Gasteiger charge is -2.43. The normalized spacial score (nSPS) is 20.7. The predicted octanol–water partition coefficient (Wildman–Crippen LogP) is 6.40. The average molecular weight is 678 g/mol. The monoisotopic (exact) mass is 677 g/mol. The van der Waals surface area contributed by atoms with E-state index in [0.717, 1.165) is 42.5 Å². The van der Waals surface area contributed by atoms with Crippen LogP contribution in [0.2, 0.25) is 0 Å². The number of nitrogens with zero attached hydrogens (tertiary/aromatic N) is 1. The molecular formula is C30H23F8NO6S. The Bertz CT molecular complexity index is 1810. The summed E-state index contributed by atoms with van der Waals surface area (Å²) in [5, 5.41) is 19.0. The molecule has 1 fully saturated rings. The minimum Gasteiger partial charge on any atom is -0.478 e. The van der Waals surface area contributed by atoms with Crippen molar-refractivity contribution in [2.24, 2.45) is 0 Å². The number of rotatable bonds is 7. The largest absolute Gasteiger partial charge is 0.478 e. The third kappa shape index (κ3) is 5.01. The number of hydrogen-bond donors (Lipinski definition) is 2. The van der Waals surface area contributed by atoms with Crippen molar-refractivity contribution in [3.63, 3.8) is 0 Å². The molecule has 2 aliphatic rings. The van der Waals surface area contributed by atoms with Crippen molar-refractivity contribution in [3.8, 4) is 0 Å². The minimum absolute atomic E-state index is 0.0514. The fourth-order valence-corrected chi connectivity index (χ4v) is 8.99. The van der Waals surface area contributed by atoms with E-state index in [4.69, 9.17) is 0 Å². The molecule has 7 nitrogen and oxygen atoms in total. The van der Waals surface area contributed by atoms with Crippen molar-refractivity contribution in [1.29, 1.82) is 0 Å². The van der Waals surface area contributed by atoms with Gasteiger partial charge in [-0.05, 0) is 72.4 Å². The number of alkyl halides is 7. The van der Waals surface area contributed by atoms with E-state index in [1.807, 2.05) is 0 Å². The van der Waals surface area contributed by atoms with E-state index in [9.17, 15) is 63.3 Å². The minimum atomic E-state index is -6.39. The summed E-state index contributed by atoms with van der Waals surface area (Å²) in [5.41, 5.74) is -8.51. The lowest BCUT2D eigenvalue weighted by Crippen LogP contribution is -2.52. The maximum atomic E-state index is 15.0. The molecule has 1 aliphatic carbocycles. The van der Waals surface area contributed by atoms with E-state index in [2.05, 4.69) is 0 Å². The molecule has 0 amide bonds. The molecule has 5 rings (SSSR count). The number of carbonyl (C=O) groups is 2. The Morgan fingerprint density at radius 1 is 0.870 bits per heavy atom. The number of halogens is 8. The van der Waals surface area contributed by atoms with Gasteiger partial charge in [-0.15, -0.1) is 0 Å². The Labute approximate surface area is 256 Å². The van der Waals surface area contributed by atoms with Crippen LogP contribution >= 0.6 is 0 Å². The van der Waals surface area contributed by atoms with Gasteiger partial charge in [-0.2, -0.15) is 26.3 Å². The van der Waals surface area contributed by atoms with Crippen molar-refractivity contribution < 1.29 is 63.3 Å².